The first-order chi connectivity index (χ1) is 12.8. The van der Waals surface area contributed by atoms with Gasteiger partial charge in [-0.25, -0.2) is 4.99 Å². The number of hydrogen-bond acceptors (Lipinski definition) is 5. The largest absolute Gasteiger partial charge is 0.379 e. The van der Waals surface area contributed by atoms with Crippen molar-refractivity contribution in [3.05, 3.63) is 39.9 Å². The number of nitrogens with zero attached hydrogens (tertiary/aromatic N) is 3. The third-order valence-corrected chi connectivity index (χ3v) is 4.11. The molecule has 0 spiro atoms. The van der Waals surface area contributed by atoms with Gasteiger partial charge in [0.2, 0.25) is 0 Å². The lowest BCUT2D eigenvalue weighted by Crippen LogP contribution is -2.48. The molecule has 150 valence electrons. The first kappa shape index (κ1) is 21.1. The monoisotopic (exact) mass is 377 g/mol. The predicted molar refractivity (Wildman–Crippen MR) is 107 cm³/mol. The van der Waals surface area contributed by atoms with Gasteiger partial charge < -0.3 is 15.4 Å². The standard InChI is InChI=1S/C19H31N5O3/c1-19(2,3)22-18(20-9-4-10-23-11-13-27-14-12-23)21-15-16-5-7-17(8-6-16)24(25)26/h5-8H,4,9-15H2,1-3H3,(H2,20,21,22). The molecule has 0 bridgehead atoms. The predicted octanol–water partition coefficient (Wildman–Crippen LogP) is 2.15. The van der Waals surface area contributed by atoms with E-state index in [-0.39, 0.29) is 11.2 Å². The van der Waals surface area contributed by atoms with Crippen molar-refractivity contribution in [1.29, 1.82) is 0 Å². The van der Waals surface area contributed by atoms with E-state index >= 15 is 0 Å². The number of non-ortho nitro benzene ring substituents is 1. The molecule has 27 heavy (non-hydrogen) atoms. The Labute approximate surface area is 161 Å². The first-order valence-corrected chi connectivity index (χ1v) is 9.43. The van der Waals surface area contributed by atoms with E-state index in [1.807, 2.05) is 0 Å². The van der Waals surface area contributed by atoms with Gasteiger partial charge in [0.15, 0.2) is 5.96 Å². The molecule has 0 radical (unpaired) electrons. The van der Waals surface area contributed by atoms with Crippen molar-refractivity contribution in [2.75, 3.05) is 39.4 Å². The number of nitro groups is 1. The maximum atomic E-state index is 10.7. The lowest BCUT2D eigenvalue weighted by atomic mass is 10.1. The number of morpholine rings is 1. The molecule has 0 saturated carbocycles. The van der Waals surface area contributed by atoms with E-state index in [1.54, 1.807) is 12.1 Å². The highest BCUT2D eigenvalue weighted by Crippen LogP contribution is 2.12. The molecule has 1 heterocycles. The smallest absolute Gasteiger partial charge is 0.269 e. The van der Waals surface area contributed by atoms with E-state index in [0.717, 1.165) is 57.3 Å². The maximum Gasteiger partial charge on any atom is 0.269 e. The van der Waals surface area contributed by atoms with Crippen LogP contribution in [0.2, 0.25) is 0 Å². The second kappa shape index (κ2) is 10.2. The van der Waals surface area contributed by atoms with Gasteiger partial charge in [-0.2, -0.15) is 0 Å². The molecule has 0 amide bonds. The van der Waals surface area contributed by atoms with E-state index in [0.29, 0.717) is 6.54 Å². The molecule has 2 rings (SSSR count). The molecule has 0 aromatic heterocycles. The average molecular weight is 377 g/mol. The van der Waals surface area contributed by atoms with Crippen LogP contribution in [-0.2, 0) is 11.3 Å². The van der Waals surface area contributed by atoms with Crippen LogP contribution < -0.4 is 10.6 Å². The Balaban J connectivity index is 1.86. The Morgan fingerprint density at radius 3 is 2.52 bits per heavy atom. The van der Waals surface area contributed by atoms with E-state index in [2.05, 4.69) is 41.3 Å². The fraction of sp³-hybridized carbons (Fsp3) is 0.632. The molecule has 0 aliphatic carbocycles. The van der Waals surface area contributed by atoms with Gasteiger partial charge in [0.1, 0.15) is 0 Å². The van der Waals surface area contributed by atoms with E-state index in [4.69, 9.17) is 4.74 Å². The SMILES string of the molecule is CC(C)(C)NC(=NCc1ccc([N+](=O)[O-])cc1)NCCCN1CCOCC1. The minimum absolute atomic E-state index is 0.0945. The number of guanidine groups is 1. The summed E-state index contributed by atoms with van der Waals surface area (Å²) in [7, 11) is 0. The number of ether oxygens (including phenoxy) is 1. The number of aliphatic imine (C=N–C) groups is 1. The molecule has 0 unspecified atom stereocenters. The van der Waals surface area contributed by atoms with Crippen molar-refractivity contribution in [1.82, 2.24) is 15.5 Å². The highest BCUT2D eigenvalue weighted by molar-refractivity contribution is 5.80. The van der Waals surface area contributed by atoms with Gasteiger partial charge in [0, 0.05) is 37.3 Å². The lowest BCUT2D eigenvalue weighted by molar-refractivity contribution is -0.384. The zero-order chi connectivity index (χ0) is 19.7. The fourth-order valence-electron chi connectivity index (χ4n) is 2.72. The van der Waals surface area contributed by atoms with Crippen LogP contribution in [0.4, 0.5) is 5.69 Å². The second-order valence-corrected chi connectivity index (χ2v) is 7.70. The molecule has 8 nitrogen and oxygen atoms in total. The third kappa shape index (κ3) is 8.36. The molecule has 1 aromatic rings. The molecule has 1 saturated heterocycles. The highest BCUT2D eigenvalue weighted by Gasteiger charge is 2.13. The topological polar surface area (TPSA) is 92.0 Å². The number of rotatable bonds is 7. The number of hydrogen-bond donors (Lipinski definition) is 2. The van der Waals surface area contributed by atoms with Crippen molar-refractivity contribution in [3.8, 4) is 0 Å². The van der Waals surface area contributed by atoms with Crippen LogP contribution in [-0.4, -0.2) is 60.7 Å². The third-order valence-electron chi connectivity index (χ3n) is 4.11. The summed E-state index contributed by atoms with van der Waals surface area (Å²) in [6, 6.07) is 6.51. The Kier molecular flexibility index (Phi) is 7.99. The molecular weight excluding hydrogens is 346 g/mol. The van der Waals surface area contributed by atoms with E-state index in [1.165, 1.54) is 12.1 Å². The summed E-state index contributed by atoms with van der Waals surface area (Å²) in [5.41, 5.74) is 0.923. The van der Waals surface area contributed by atoms with Crippen LogP contribution in [0, 0.1) is 10.1 Å². The van der Waals surface area contributed by atoms with Crippen molar-refractivity contribution < 1.29 is 9.66 Å². The minimum atomic E-state index is -0.393. The van der Waals surface area contributed by atoms with Crippen molar-refractivity contribution in [2.45, 2.75) is 39.3 Å². The maximum absolute atomic E-state index is 10.7. The summed E-state index contributed by atoms with van der Waals surface area (Å²) in [5.74, 6) is 0.753. The molecule has 1 aliphatic heterocycles. The zero-order valence-corrected chi connectivity index (χ0v) is 16.5. The Morgan fingerprint density at radius 1 is 1.26 bits per heavy atom. The number of benzene rings is 1. The average Bonchev–Trinajstić information content (AvgIpc) is 2.63. The second-order valence-electron chi connectivity index (χ2n) is 7.70. The van der Waals surface area contributed by atoms with Crippen LogP contribution in [0.25, 0.3) is 0 Å². The normalized spacial score (nSPS) is 16.2. The van der Waals surface area contributed by atoms with Gasteiger partial charge in [0.05, 0.1) is 24.7 Å². The highest BCUT2D eigenvalue weighted by atomic mass is 16.6. The first-order valence-electron chi connectivity index (χ1n) is 9.43. The number of nitrogens with one attached hydrogen (secondary N) is 2. The molecule has 0 atom stereocenters. The summed E-state index contributed by atoms with van der Waals surface area (Å²) in [4.78, 5) is 17.4. The van der Waals surface area contributed by atoms with Gasteiger partial charge in [-0.1, -0.05) is 12.1 Å². The van der Waals surface area contributed by atoms with Gasteiger partial charge in [0.25, 0.3) is 5.69 Å². The van der Waals surface area contributed by atoms with Gasteiger partial charge in [-0.05, 0) is 39.3 Å². The van der Waals surface area contributed by atoms with Crippen LogP contribution in [0.5, 0.6) is 0 Å². The molecule has 2 N–H and O–H groups in total. The summed E-state index contributed by atoms with van der Waals surface area (Å²) in [6.07, 6.45) is 1.03. The quantitative estimate of drug-likeness (QED) is 0.249. The summed E-state index contributed by atoms with van der Waals surface area (Å²) in [5, 5.41) is 17.5. The van der Waals surface area contributed by atoms with Crippen molar-refractivity contribution in [3.63, 3.8) is 0 Å². The molecule has 1 aliphatic rings. The van der Waals surface area contributed by atoms with Crippen molar-refractivity contribution >= 4 is 11.6 Å². The Morgan fingerprint density at radius 2 is 1.93 bits per heavy atom. The molecule has 1 fully saturated rings. The number of nitro benzene ring substituents is 1. The van der Waals surface area contributed by atoms with Crippen molar-refractivity contribution in [2.24, 2.45) is 4.99 Å². The van der Waals surface area contributed by atoms with Crippen LogP contribution in [0.3, 0.4) is 0 Å². The van der Waals surface area contributed by atoms with Crippen LogP contribution >= 0.6 is 0 Å². The summed E-state index contributed by atoms with van der Waals surface area (Å²) in [6.45, 7) is 12.2. The fourth-order valence-corrected chi connectivity index (χ4v) is 2.72. The molecule has 1 aromatic carbocycles. The van der Waals surface area contributed by atoms with Crippen LogP contribution in [0.1, 0.15) is 32.8 Å². The molecule has 8 heteroatoms. The van der Waals surface area contributed by atoms with Gasteiger partial charge in [-0.15, -0.1) is 0 Å². The van der Waals surface area contributed by atoms with E-state index in [9.17, 15) is 10.1 Å². The summed E-state index contributed by atoms with van der Waals surface area (Å²) >= 11 is 0. The van der Waals surface area contributed by atoms with Gasteiger partial charge >= 0.3 is 0 Å². The molecular formula is C19H31N5O3. The zero-order valence-electron chi connectivity index (χ0n) is 16.5. The minimum Gasteiger partial charge on any atom is -0.379 e. The van der Waals surface area contributed by atoms with E-state index < -0.39 is 4.92 Å². The van der Waals surface area contributed by atoms with Crippen LogP contribution in [0.15, 0.2) is 29.3 Å². The lowest BCUT2D eigenvalue weighted by Gasteiger charge is -2.27. The Bertz CT molecular complexity index is 619. The summed E-state index contributed by atoms with van der Waals surface area (Å²) < 4.78 is 5.37. The Hall–Kier alpha value is -2.19. The van der Waals surface area contributed by atoms with Gasteiger partial charge in [-0.3, -0.25) is 15.0 Å².